The van der Waals surface area contributed by atoms with Crippen LogP contribution in [0.15, 0.2) is 60.7 Å². The minimum Gasteiger partial charge on any atom is -0.349 e. The van der Waals surface area contributed by atoms with Gasteiger partial charge in [-0.2, -0.15) is 5.10 Å². The van der Waals surface area contributed by atoms with Gasteiger partial charge < -0.3 is 11.1 Å². The highest BCUT2D eigenvalue weighted by atomic mass is 16.1. The first-order valence-electron chi connectivity index (χ1n) is 9.61. The molecule has 2 aromatic carbocycles. The van der Waals surface area contributed by atoms with Gasteiger partial charge >= 0.3 is 0 Å². The van der Waals surface area contributed by atoms with Crippen molar-refractivity contribution in [1.82, 2.24) is 15.1 Å². The minimum atomic E-state index is -0.332. The molecule has 3 rings (SSSR count). The Labute approximate surface area is 166 Å². The number of carbonyl (C=O) groups excluding carboxylic acids is 1. The maximum atomic E-state index is 12.7. The van der Waals surface area contributed by atoms with Crippen molar-refractivity contribution in [3.8, 4) is 5.69 Å². The van der Waals surface area contributed by atoms with Crippen LogP contribution in [0.1, 0.15) is 48.4 Å². The molecule has 0 fully saturated rings. The quantitative estimate of drug-likeness (QED) is 0.683. The first-order valence-corrected chi connectivity index (χ1v) is 9.61. The average molecular weight is 377 g/mol. The molecule has 0 bridgehead atoms. The number of nitrogens with one attached hydrogen (secondary N) is 1. The number of rotatable bonds is 6. The number of hydrogen-bond donors (Lipinski definition) is 2. The molecule has 3 unspecified atom stereocenters. The predicted molar refractivity (Wildman–Crippen MR) is 112 cm³/mol. The van der Waals surface area contributed by atoms with Gasteiger partial charge in [0.2, 0.25) is 5.91 Å². The van der Waals surface area contributed by atoms with E-state index in [1.54, 1.807) is 0 Å². The molecule has 0 saturated carbocycles. The van der Waals surface area contributed by atoms with E-state index in [0.717, 1.165) is 28.2 Å². The van der Waals surface area contributed by atoms with Crippen LogP contribution in [0, 0.1) is 19.8 Å². The molecule has 0 saturated heterocycles. The Kier molecular flexibility index (Phi) is 5.95. The van der Waals surface area contributed by atoms with E-state index in [0.29, 0.717) is 0 Å². The fourth-order valence-electron chi connectivity index (χ4n) is 3.35. The number of nitrogens with two attached hydrogens (primary N) is 1. The number of amides is 1. The second-order valence-corrected chi connectivity index (χ2v) is 7.39. The lowest BCUT2D eigenvalue weighted by Gasteiger charge is -2.22. The van der Waals surface area contributed by atoms with Crippen LogP contribution in [0.5, 0.6) is 0 Å². The van der Waals surface area contributed by atoms with Crippen molar-refractivity contribution in [2.24, 2.45) is 11.7 Å². The van der Waals surface area contributed by atoms with E-state index in [1.165, 1.54) is 0 Å². The molecule has 0 spiro atoms. The zero-order valence-electron chi connectivity index (χ0n) is 16.9. The molecule has 3 atom stereocenters. The number of hydrogen-bond acceptors (Lipinski definition) is 3. The summed E-state index contributed by atoms with van der Waals surface area (Å²) >= 11 is 0. The van der Waals surface area contributed by atoms with Crippen LogP contribution in [-0.2, 0) is 4.79 Å². The highest BCUT2D eigenvalue weighted by Gasteiger charge is 2.23. The third-order valence-corrected chi connectivity index (χ3v) is 5.14. The van der Waals surface area contributed by atoms with E-state index >= 15 is 0 Å². The van der Waals surface area contributed by atoms with Crippen LogP contribution in [0.2, 0.25) is 0 Å². The first-order chi connectivity index (χ1) is 13.4. The third kappa shape index (κ3) is 4.31. The van der Waals surface area contributed by atoms with Gasteiger partial charge in [-0.1, -0.05) is 49.4 Å². The fraction of sp³-hybridized carbons (Fsp3) is 0.304. The monoisotopic (exact) mass is 376 g/mol. The molecule has 0 aliphatic rings. The molecule has 3 N–H and O–H groups in total. The van der Waals surface area contributed by atoms with Gasteiger partial charge in [-0.25, -0.2) is 4.68 Å². The molecule has 0 aliphatic carbocycles. The van der Waals surface area contributed by atoms with Gasteiger partial charge in [0, 0.05) is 11.7 Å². The van der Waals surface area contributed by atoms with Crippen molar-refractivity contribution in [2.45, 2.75) is 39.8 Å². The molecule has 5 nitrogen and oxygen atoms in total. The number of carbonyl (C=O) groups is 1. The second-order valence-electron chi connectivity index (χ2n) is 7.39. The number of aromatic nitrogens is 2. The lowest BCUT2D eigenvalue weighted by molar-refractivity contribution is -0.125. The summed E-state index contributed by atoms with van der Waals surface area (Å²) in [5.74, 6) is -0.370. The summed E-state index contributed by atoms with van der Waals surface area (Å²) in [6.07, 6.45) is 0. The van der Waals surface area contributed by atoms with Crippen molar-refractivity contribution in [1.29, 1.82) is 0 Å². The molecule has 146 valence electrons. The first kappa shape index (κ1) is 19.8. The number of nitrogens with zero attached hydrogens (tertiary/aromatic N) is 2. The normalized spacial score (nSPS) is 14.3. The summed E-state index contributed by atoms with van der Waals surface area (Å²) in [5, 5.41) is 7.59. The van der Waals surface area contributed by atoms with Gasteiger partial charge in [0.15, 0.2) is 0 Å². The molecular weight excluding hydrogens is 348 g/mol. The molecule has 0 aliphatic heterocycles. The van der Waals surface area contributed by atoms with Gasteiger partial charge in [-0.15, -0.1) is 0 Å². The van der Waals surface area contributed by atoms with Crippen molar-refractivity contribution >= 4 is 5.91 Å². The van der Waals surface area contributed by atoms with Crippen LogP contribution < -0.4 is 11.1 Å². The van der Waals surface area contributed by atoms with Crippen LogP contribution in [-0.4, -0.2) is 15.7 Å². The van der Waals surface area contributed by atoms with E-state index < -0.39 is 0 Å². The highest BCUT2D eigenvalue weighted by Crippen LogP contribution is 2.22. The van der Waals surface area contributed by atoms with E-state index in [9.17, 15) is 4.79 Å². The zero-order chi connectivity index (χ0) is 20.3. The molecule has 1 aromatic heterocycles. The van der Waals surface area contributed by atoms with E-state index in [-0.39, 0.29) is 23.9 Å². The topological polar surface area (TPSA) is 72.9 Å². The molecule has 0 radical (unpaired) electrons. The number of aryl methyl sites for hydroxylation is 2. The maximum Gasteiger partial charge on any atom is 0.225 e. The van der Waals surface area contributed by atoms with Crippen molar-refractivity contribution in [3.63, 3.8) is 0 Å². The van der Waals surface area contributed by atoms with E-state index in [1.807, 2.05) is 93.0 Å². The van der Waals surface area contributed by atoms with Crippen LogP contribution in [0.3, 0.4) is 0 Å². The van der Waals surface area contributed by atoms with Crippen molar-refractivity contribution in [2.75, 3.05) is 0 Å². The Bertz CT molecular complexity index is 931. The largest absolute Gasteiger partial charge is 0.349 e. The summed E-state index contributed by atoms with van der Waals surface area (Å²) in [6, 6.07) is 19.4. The summed E-state index contributed by atoms with van der Waals surface area (Å²) in [5.41, 5.74) is 11.4. The molecule has 1 heterocycles. The Balaban J connectivity index is 1.66. The van der Waals surface area contributed by atoms with Crippen molar-refractivity contribution in [3.05, 3.63) is 83.2 Å². The average Bonchev–Trinajstić information content (AvgIpc) is 3.05. The number of benzene rings is 2. The minimum absolute atomic E-state index is 0.0496. The zero-order valence-corrected chi connectivity index (χ0v) is 16.9. The van der Waals surface area contributed by atoms with Gasteiger partial charge in [0.05, 0.1) is 23.3 Å². The summed E-state index contributed by atoms with van der Waals surface area (Å²) in [6.45, 7) is 7.87. The molecule has 28 heavy (non-hydrogen) atoms. The Hall–Kier alpha value is -2.92. The predicted octanol–water partition coefficient (Wildman–Crippen LogP) is 4.00. The fourth-order valence-corrected chi connectivity index (χ4v) is 3.35. The van der Waals surface area contributed by atoms with Crippen LogP contribution in [0.4, 0.5) is 0 Å². The standard InChI is InChI=1S/C23H28N4O/c1-15-14-16(2)27(26-15)21-12-10-19(11-13-21)18(4)25-23(28)17(3)22(24)20-8-6-5-7-9-20/h5-14,17-18,22H,24H2,1-4H3,(H,25,28). The van der Waals surface area contributed by atoms with Gasteiger partial charge in [0.1, 0.15) is 0 Å². The SMILES string of the molecule is Cc1cc(C)n(-c2ccc(C(C)NC(=O)C(C)C(N)c3ccccc3)cc2)n1. The van der Waals surface area contributed by atoms with Crippen LogP contribution in [0.25, 0.3) is 5.69 Å². The van der Waals surface area contributed by atoms with E-state index in [2.05, 4.69) is 10.4 Å². The Morgan fingerprint density at radius 3 is 2.21 bits per heavy atom. The van der Waals surface area contributed by atoms with Gasteiger partial charge in [-0.3, -0.25) is 4.79 Å². The molecule has 3 aromatic rings. The molecule has 5 heteroatoms. The Morgan fingerprint density at radius 2 is 1.64 bits per heavy atom. The third-order valence-electron chi connectivity index (χ3n) is 5.14. The summed E-state index contributed by atoms with van der Waals surface area (Å²) < 4.78 is 1.92. The smallest absolute Gasteiger partial charge is 0.225 e. The summed E-state index contributed by atoms with van der Waals surface area (Å²) in [7, 11) is 0. The highest BCUT2D eigenvalue weighted by molar-refractivity contribution is 5.79. The van der Waals surface area contributed by atoms with Gasteiger partial charge in [-0.05, 0) is 50.1 Å². The summed E-state index contributed by atoms with van der Waals surface area (Å²) in [4.78, 5) is 12.7. The van der Waals surface area contributed by atoms with Crippen molar-refractivity contribution < 1.29 is 4.79 Å². The lowest BCUT2D eigenvalue weighted by atomic mass is 9.94. The van der Waals surface area contributed by atoms with Crippen LogP contribution >= 0.6 is 0 Å². The molecule has 1 amide bonds. The second kappa shape index (κ2) is 8.40. The van der Waals surface area contributed by atoms with Gasteiger partial charge in [0.25, 0.3) is 0 Å². The maximum absolute atomic E-state index is 12.7. The lowest BCUT2D eigenvalue weighted by Crippen LogP contribution is -2.36. The Morgan fingerprint density at radius 1 is 1.00 bits per heavy atom. The molecular formula is C23H28N4O. The van der Waals surface area contributed by atoms with E-state index in [4.69, 9.17) is 5.73 Å².